The largest absolute Gasteiger partial charge is 0.506 e. The highest BCUT2D eigenvalue weighted by molar-refractivity contribution is 5.93. The number of carboxylic acids is 1. The fourth-order valence-corrected chi connectivity index (χ4v) is 1.33. The minimum Gasteiger partial charge on any atom is -0.506 e. The van der Waals surface area contributed by atoms with Crippen LogP contribution in [0.4, 0.5) is 0 Å². The zero-order valence-corrected chi connectivity index (χ0v) is 7.90. The molecule has 14 heavy (non-hydrogen) atoms. The maximum atomic E-state index is 10.7. The van der Waals surface area contributed by atoms with E-state index in [1.165, 1.54) is 0 Å². The summed E-state index contributed by atoms with van der Waals surface area (Å²) in [5.41, 5.74) is 0.347. The number of rotatable bonds is 2. The molecular formula is C9H11NO4. The van der Waals surface area contributed by atoms with Gasteiger partial charge in [0, 0.05) is 11.3 Å². The molecule has 76 valence electrons. The van der Waals surface area contributed by atoms with Crippen molar-refractivity contribution >= 4 is 5.97 Å². The first kappa shape index (κ1) is 10.3. The lowest BCUT2D eigenvalue weighted by atomic mass is 10.1. The first-order valence-corrected chi connectivity index (χ1v) is 4.13. The van der Waals surface area contributed by atoms with Gasteiger partial charge in [0.25, 0.3) is 0 Å². The number of aromatic hydroxyl groups is 2. The standard InChI is InChI=1S/C9H11NO4/c1-3-5-4(2)10-8(12)6(7(5)11)9(13)14/h3H2,1-2H3,(H,13,14)(H2,10,11,12). The van der Waals surface area contributed by atoms with Crippen LogP contribution in [-0.4, -0.2) is 26.3 Å². The van der Waals surface area contributed by atoms with Gasteiger partial charge in [-0.1, -0.05) is 6.92 Å². The highest BCUT2D eigenvalue weighted by atomic mass is 16.4. The molecule has 0 saturated carbocycles. The number of nitrogens with zero attached hydrogens (tertiary/aromatic N) is 1. The topological polar surface area (TPSA) is 90.7 Å². The molecule has 0 aliphatic rings. The smallest absolute Gasteiger partial charge is 0.345 e. The Morgan fingerprint density at radius 3 is 2.43 bits per heavy atom. The number of aryl methyl sites for hydroxylation is 1. The summed E-state index contributed by atoms with van der Waals surface area (Å²) in [6.07, 6.45) is 0.464. The summed E-state index contributed by atoms with van der Waals surface area (Å²) in [7, 11) is 0. The maximum absolute atomic E-state index is 10.7. The fraction of sp³-hybridized carbons (Fsp3) is 0.333. The van der Waals surface area contributed by atoms with E-state index in [2.05, 4.69) is 4.98 Å². The van der Waals surface area contributed by atoms with Crippen molar-refractivity contribution in [1.82, 2.24) is 4.98 Å². The predicted molar refractivity (Wildman–Crippen MR) is 48.6 cm³/mol. The van der Waals surface area contributed by atoms with E-state index in [-0.39, 0.29) is 0 Å². The molecule has 1 aromatic heterocycles. The van der Waals surface area contributed by atoms with Gasteiger partial charge >= 0.3 is 5.97 Å². The molecule has 1 heterocycles. The summed E-state index contributed by atoms with van der Waals surface area (Å²) in [5, 5.41) is 27.4. The normalized spacial score (nSPS) is 10.1. The van der Waals surface area contributed by atoms with E-state index in [0.29, 0.717) is 17.7 Å². The van der Waals surface area contributed by atoms with Gasteiger partial charge in [-0.15, -0.1) is 0 Å². The molecule has 5 nitrogen and oxygen atoms in total. The fourth-order valence-electron chi connectivity index (χ4n) is 1.33. The number of hydrogen-bond acceptors (Lipinski definition) is 4. The van der Waals surface area contributed by atoms with Gasteiger partial charge in [0.15, 0.2) is 5.56 Å². The first-order valence-electron chi connectivity index (χ1n) is 4.13. The van der Waals surface area contributed by atoms with Gasteiger partial charge in [0.2, 0.25) is 5.88 Å². The van der Waals surface area contributed by atoms with Crippen LogP contribution in [0.3, 0.4) is 0 Å². The monoisotopic (exact) mass is 197 g/mol. The Balaban J connectivity index is 3.52. The van der Waals surface area contributed by atoms with Gasteiger partial charge in [-0.2, -0.15) is 0 Å². The Bertz CT molecular complexity index is 387. The molecule has 0 saturated heterocycles. The highest BCUT2D eigenvalue weighted by Crippen LogP contribution is 2.30. The number of aromatic carboxylic acids is 1. The molecule has 1 aromatic rings. The number of aromatic nitrogens is 1. The minimum atomic E-state index is -1.39. The third-order valence-corrected chi connectivity index (χ3v) is 2.02. The van der Waals surface area contributed by atoms with E-state index in [0.717, 1.165) is 0 Å². The molecule has 0 aliphatic heterocycles. The van der Waals surface area contributed by atoms with Gasteiger partial charge < -0.3 is 15.3 Å². The Morgan fingerprint density at radius 2 is 2.00 bits per heavy atom. The quantitative estimate of drug-likeness (QED) is 0.659. The van der Waals surface area contributed by atoms with Crippen molar-refractivity contribution in [3.8, 4) is 11.6 Å². The molecular weight excluding hydrogens is 186 g/mol. The molecule has 5 heteroatoms. The SMILES string of the molecule is CCc1c(C)nc(O)c(C(=O)O)c1O. The molecule has 0 bridgehead atoms. The summed E-state index contributed by atoms with van der Waals surface area (Å²) >= 11 is 0. The first-order chi connectivity index (χ1) is 6.49. The highest BCUT2D eigenvalue weighted by Gasteiger charge is 2.21. The van der Waals surface area contributed by atoms with E-state index in [4.69, 9.17) is 5.11 Å². The average molecular weight is 197 g/mol. The van der Waals surface area contributed by atoms with Gasteiger partial charge in [-0.05, 0) is 13.3 Å². The van der Waals surface area contributed by atoms with E-state index in [9.17, 15) is 15.0 Å². The zero-order valence-electron chi connectivity index (χ0n) is 7.90. The number of carbonyl (C=O) groups is 1. The van der Waals surface area contributed by atoms with Gasteiger partial charge in [-0.3, -0.25) is 0 Å². The second-order valence-electron chi connectivity index (χ2n) is 2.88. The van der Waals surface area contributed by atoms with Crippen LogP contribution in [0.25, 0.3) is 0 Å². The van der Waals surface area contributed by atoms with Crippen LogP contribution >= 0.6 is 0 Å². The molecule has 0 aromatic carbocycles. The summed E-state index contributed by atoms with van der Waals surface area (Å²) in [6.45, 7) is 3.37. The molecule has 0 radical (unpaired) electrons. The van der Waals surface area contributed by atoms with E-state index in [1.54, 1.807) is 13.8 Å². The van der Waals surface area contributed by atoms with Crippen molar-refractivity contribution in [2.75, 3.05) is 0 Å². The van der Waals surface area contributed by atoms with Gasteiger partial charge in [-0.25, -0.2) is 9.78 Å². The molecule has 3 N–H and O–H groups in total. The summed E-state index contributed by atoms with van der Waals surface area (Å²) < 4.78 is 0. The van der Waals surface area contributed by atoms with Crippen LogP contribution in [0, 0.1) is 6.92 Å². The van der Waals surface area contributed by atoms with Crippen molar-refractivity contribution in [1.29, 1.82) is 0 Å². The third-order valence-electron chi connectivity index (χ3n) is 2.02. The van der Waals surface area contributed by atoms with Crippen LogP contribution in [0.1, 0.15) is 28.5 Å². The lowest BCUT2D eigenvalue weighted by Gasteiger charge is -2.09. The van der Waals surface area contributed by atoms with Crippen LogP contribution in [0.15, 0.2) is 0 Å². The van der Waals surface area contributed by atoms with Crippen LogP contribution < -0.4 is 0 Å². The molecule has 0 atom stereocenters. The second-order valence-corrected chi connectivity index (χ2v) is 2.88. The number of hydrogen-bond donors (Lipinski definition) is 3. The third kappa shape index (κ3) is 1.48. The number of pyridine rings is 1. The lowest BCUT2D eigenvalue weighted by Crippen LogP contribution is -2.03. The minimum absolute atomic E-state index is 0.398. The Kier molecular flexibility index (Phi) is 2.60. The van der Waals surface area contributed by atoms with Crippen molar-refractivity contribution < 1.29 is 20.1 Å². The average Bonchev–Trinajstić information content (AvgIpc) is 2.02. The van der Waals surface area contributed by atoms with Crippen molar-refractivity contribution in [2.45, 2.75) is 20.3 Å². The molecule has 0 aliphatic carbocycles. The van der Waals surface area contributed by atoms with Gasteiger partial charge in [0.05, 0.1) is 0 Å². The predicted octanol–water partition coefficient (Wildman–Crippen LogP) is 1.06. The summed E-state index contributed by atoms with van der Waals surface area (Å²) in [4.78, 5) is 14.3. The summed E-state index contributed by atoms with van der Waals surface area (Å²) in [6, 6.07) is 0. The van der Waals surface area contributed by atoms with E-state index in [1.807, 2.05) is 0 Å². The Morgan fingerprint density at radius 1 is 1.43 bits per heavy atom. The molecule has 1 rings (SSSR count). The van der Waals surface area contributed by atoms with Crippen molar-refractivity contribution in [3.05, 3.63) is 16.8 Å². The molecule has 0 unspecified atom stereocenters. The van der Waals surface area contributed by atoms with Crippen molar-refractivity contribution in [3.63, 3.8) is 0 Å². The Labute approximate surface area is 80.7 Å². The zero-order chi connectivity index (χ0) is 10.9. The molecule has 0 amide bonds. The van der Waals surface area contributed by atoms with Gasteiger partial charge in [0.1, 0.15) is 5.75 Å². The van der Waals surface area contributed by atoms with E-state index < -0.39 is 23.2 Å². The van der Waals surface area contributed by atoms with E-state index >= 15 is 0 Å². The second kappa shape index (κ2) is 3.53. The number of carboxylic acid groups (broad SMARTS) is 1. The molecule has 0 fully saturated rings. The van der Waals surface area contributed by atoms with Crippen LogP contribution in [0.2, 0.25) is 0 Å². The lowest BCUT2D eigenvalue weighted by molar-refractivity contribution is 0.0689. The summed E-state index contributed by atoms with van der Waals surface area (Å²) in [5.74, 6) is -2.43. The maximum Gasteiger partial charge on any atom is 0.345 e. The Hall–Kier alpha value is -1.78. The van der Waals surface area contributed by atoms with Crippen LogP contribution in [0.5, 0.6) is 11.6 Å². The molecule has 0 spiro atoms. The van der Waals surface area contributed by atoms with Crippen LogP contribution in [-0.2, 0) is 6.42 Å². The van der Waals surface area contributed by atoms with Crippen molar-refractivity contribution in [2.24, 2.45) is 0 Å².